The van der Waals surface area contributed by atoms with Crippen LogP contribution in [0, 0.1) is 11.6 Å². The van der Waals surface area contributed by atoms with E-state index in [0.717, 1.165) is 17.1 Å². The van der Waals surface area contributed by atoms with Crippen LogP contribution in [-0.2, 0) is 0 Å². The summed E-state index contributed by atoms with van der Waals surface area (Å²) in [5.41, 5.74) is 6.85. The van der Waals surface area contributed by atoms with Gasteiger partial charge in [-0.05, 0) is 25.1 Å². The highest BCUT2D eigenvalue weighted by atomic mass is 32.1. The first-order valence-corrected chi connectivity index (χ1v) is 5.62. The molecule has 16 heavy (non-hydrogen) atoms. The Morgan fingerprint density at radius 2 is 2.06 bits per heavy atom. The van der Waals surface area contributed by atoms with Crippen molar-refractivity contribution in [2.24, 2.45) is 5.73 Å². The van der Waals surface area contributed by atoms with Crippen molar-refractivity contribution in [2.75, 3.05) is 0 Å². The highest BCUT2D eigenvalue weighted by Crippen LogP contribution is 2.25. The number of aromatic nitrogens is 1. The SMILES string of the molecule is CC(N)c1nc(-c2ccc(F)c(F)c2)cs1. The van der Waals surface area contributed by atoms with Crippen LogP contribution in [0.3, 0.4) is 0 Å². The summed E-state index contributed by atoms with van der Waals surface area (Å²) in [6.07, 6.45) is 0. The lowest BCUT2D eigenvalue weighted by atomic mass is 10.1. The molecule has 0 saturated heterocycles. The molecule has 0 spiro atoms. The molecule has 1 aromatic carbocycles. The van der Waals surface area contributed by atoms with Gasteiger partial charge < -0.3 is 5.73 Å². The summed E-state index contributed by atoms with van der Waals surface area (Å²) in [5, 5.41) is 2.56. The predicted molar refractivity (Wildman–Crippen MR) is 60.1 cm³/mol. The number of thiazole rings is 1. The summed E-state index contributed by atoms with van der Waals surface area (Å²) in [4.78, 5) is 4.26. The molecule has 0 saturated carbocycles. The Morgan fingerprint density at radius 1 is 1.31 bits per heavy atom. The monoisotopic (exact) mass is 240 g/mol. The molecule has 2 aromatic rings. The summed E-state index contributed by atoms with van der Waals surface area (Å²) >= 11 is 1.41. The van der Waals surface area contributed by atoms with Gasteiger partial charge in [0.05, 0.1) is 11.7 Å². The summed E-state index contributed by atoms with van der Waals surface area (Å²) in [6, 6.07) is 3.58. The van der Waals surface area contributed by atoms with E-state index < -0.39 is 11.6 Å². The molecule has 2 nitrogen and oxygen atoms in total. The third-order valence-electron chi connectivity index (χ3n) is 2.13. The Kier molecular flexibility index (Phi) is 2.98. The van der Waals surface area contributed by atoms with Crippen LogP contribution >= 0.6 is 11.3 Å². The zero-order chi connectivity index (χ0) is 11.7. The topological polar surface area (TPSA) is 38.9 Å². The van der Waals surface area contributed by atoms with Gasteiger partial charge in [-0.3, -0.25) is 0 Å². The maximum atomic E-state index is 13.0. The first-order valence-electron chi connectivity index (χ1n) is 4.74. The fourth-order valence-corrected chi connectivity index (χ4v) is 2.07. The molecule has 1 atom stereocenters. The molecule has 0 fully saturated rings. The van der Waals surface area contributed by atoms with E-state index in [2.05, 4.69) is 4.98 Å². The van der Waals surface area contributed by atoms with Crippen molar-refractivity contribution < 1.29 is 8.78 Å². The molecule has 1 heterocycles. The molecule has 84 valence electrons. The molecule has 0 aliphatic heterocycles. The normalized spacial score (nSPS) is 12.8. The van der Waals surface area contributed by atoms with Crippen LogP contribution in [0.25, 0.3) is 11.3 Å². The van der Waals surface area contributed by atoms with Crippen LogP contribution in [0.1, 0.15) is 18.0 Å². The molecule has 0 bridgehead atoms. The van der Waals surface area contributed by atoms with E-state index >= 15 is 0 Å². The van der Waals surface area contributed by atoms with E-state index in [0.29, 0.717) is 11.3 Å². The van der Waals surface area contributed by atoms with E-state index in [-0.39, 0.29) is 6.04 Å². The number of hydrogen-bond acceptors (Lipinski definition) is 3. The van der Waals surface area contributed by atoms with Crippen molar-refractivity contribution in [3.63, 3.8) is 0 Å². The third kappa shape index (κ3) is 2.10. The lowest BCUT2D eigenvalue weighted by Gasteiger charge is -1.99. The van der Waals surface area contributed by atoms with Crippen molar-refractivity contribution in [3.8, 4) is 11.3 Å². The van der Waals surface area contributed by atoms with E-state index in [1.807, 2.05) is 6.92 Å². The van der Waals surface area contributed by atoms with Crippen LogP contribution in [0.4, 0.5) is 8.78 Å². The molecule has 5 heteroatoms. The first-order chi connectivity index (χ1) is 7.58. The fourth-order valence-electron chi connectivity index (χ4n) is 1.28. The van der Waals surface area contributed by atoms with Crippen molar-refractivity contribution in [1.29, 1.82) is 0 Å². The van der Waals surface area contributed by atoms with Crippen LogP contribution < -0.4 is 5.73 Å². The van der Waals surface area contributed by atoms with Crippen molar-refractivity contribution in [3.05, 3.63) is 40.2 Å². The van der Waals surface area contributed by atoms with E-state index in [9.17, 15) is 8.78 Å². The number of hydrogen-bond donors (Lipinski definition) is 1. The van der Waals surface area contributed by atoms with Crippen molar-refractivity contribution in [2.45, 2.75) is 13.0 Å². The molecule has 0 aliphatic carbocycles. The Morgan fingerprint density at radius 3 is 2.62 bits per heavy atom. The van der Waals surface area contributed by atoms with Gasteiger partial charge in [-0.25, -0.2) is 13.8 Å². The maximum absolute atomic E-state index is 13.0. The van der Waals surface area contributed by atoms with Gasteiger partial charge in [-0.2, -0.15) is 0 Å². The van der Waals surface area contributed by atoms with Gasteiger partial charge >= 0.3 is 0 Å². The molecule has 0 aliphatic rings. The second-order valence-corrected chi connectivity index (χ2v) is 4.38. The highest BCUT2D eigenvalue weighted by Gasteiger charge is 2.09. The number of nitrogens with two attached hydrogens (primary N) is 1. The van der Waals surface area contributed by atoms with Gasteiger partial charge in [-0.15, -0.1) is 11.3 Å². The van der Waals surface area contributed by atoms with Crippen LogP contribution in [-0.4, -0.2) is 4.98 Å². The second-order valence-electron chi connectivity index (χ2n) is 3.49. The lowest BCUT2D eigenvalue weighted by Crippen LogP contribution is -2.03. The van der Waals surface area contributed by atoms with Gasteiger partial charge in [0.25, 0.3) is 0 Å². The molecule has 0 radical (unpaired) electrons. The Hall–Kier alpha value is -1.33. The largest absolute Gasteiger partial charge is 0.322 e. The second kappa shape index (κ2) is 4.27. The van der Waals surface area contributed by atoms with E-state index in [4.69, 9.17) is 5.73 Å². The maximum Gasteiger partial charge on any atom is 0.159 e. The quantitative estimate of drug-likeness (QED) is 0.876. The van der Waals surface area contributed by atoms with Crippen LogP contribution in [0.15, 0.2) is 23.6 Å². The minimum absolute atomic E-state index is 0.149. The van der Waals surface area contributed by atoms with Gasteiger partial charge in [0.1, 0.15) is 5.01 Å². The molecule has 0 amide bonds. The van der Waals surface area contributed by atoms with Gasteiger partial charge in [0.2, 0.25) is 0 Å². The summed E-state index contributed by atoms with van der Waals surface area (Å²) in [6.45, 7) is 1.83. The average Bonchev–Trinajstić information content (AvgIpc) is 2.71. The Bertz CT molecular complexity index is 508. The molecular formula is C11H10F2N2S. The zero-order valence-electron chi connectivity index (χ0n) is 8.58. The number of nitrogens with zero attached hydrogens (tertiary/aromatic N) is 1. The molecule has 1 aromatic heterocycles. The summed E-state index contributed by atoms with van der Waals surface area (Å²) < 4.78 is 25.7. The van der Waals surface area contributed by atoms with Gasteiger partial charge in [0, 0.05) is 10.9 Å². The Labute approximate surface area is 95.7 Å². The molecule has 1 unspecified atom stereocenters. The molecular weight excluding hydrogens is 230 g/mol. The average molecular weight is 240 g/mol. The summed E-state index contributed by atoms with van der Waals surface area (Å²) in [7, 11) is 0. The lowest BCUT2D eigenvalue weighted by molar-refractivity contribution is 0.509. The van der Waals surface area contributed by atoms with E-state index in [1.54, 1.807) is 5.38 Å². The van der Waals surface area contributed by atoms with Crippen LogP contribution in [0.2, 0.25) is 0 Å². The smallest absolute Gasteiger partial charge is 0.159 e. The number of benzene rings is 1. The van der Waals surface area contributed by atoms with Crippen LogP contribution in [0.5, 0.6) is 0 Å². The summed E-state index contributed by atoms with van der Waals surface area (Å²) in [5.74, 6) is -1.72. The number of halogens is 2. The zero-order valence-corrected chi connectivity index (χ0v) is 9.39. The first kappa shape index (κ1) is 11.2. The number of rotatable bonds is 2. The predicted octanol–water partition coefficient (Wildman–Crippen LogP) is 3.11. The van der Waals surface area contributed by atoms with Crippen molar-refractivity contribution >= 4 is 11.3 Å². The minimum atomic E-state index is -0.868. The highest BCUT2D eigenvalue weighted by molar-refractivity contribution is 7.10. The van der Waals surface area contributed by atoms with Crippen molar-refractivity contribution in [1.82, 2.24) is 4.98 Å². The third-order valence-corrected chi connectivity index (χ3v) is 3.17. The van der Waals surface area contributed by atoms with Gasteiger partial charge in [0.15, 0.2) is 11.6 Å². The Balaban J connectivity index is 2.39. The minimum Gasteiger partial charge on any atom is -0.322 e. The molecule has 2 N–H and O–H groups in total. The molecule has 2 rings (SSSR count). The fraction of sp³-hybridized carbons (Fsp3) is 0.182. The standard InChI is InChI=1S/C11H10F2N2S/c1-6(14)11-15-10(5-16-11)7-2-3-8(12)9(13)4-7/h2-6H,14H2,1H3. The van der Waals surface area contributed by atoms with Gasteiger partial charge in [-0.1, -0.05) is 0 Å². The van der Waals surface area contributed by atoms with E-state index in [1.165, 1.54) is 17.4 Å².